The molecule has 43 heavy (non-hydrogen) atoms. The van der Waals surface area contributed by atoms with E-state index >= 15 is 0 Å². The van der Waals surface area contributed by atoms with E-state index in [1.807, 2.05) is 65.4 Å². The number of hydrogen-bond donors (Lipinski definition) is 5. The molecule has 6 N–H and O–H groups in total. The molecule has 228 valence electrons. The summed E-state index contributed by atoms with van der Waals surface area (Å²) in [4.78, 5) is 30.1. The number of benzene rings is 2. The fraction of sp³-hybridized carbons (Fsp3) is 0.367. The van der Waals surface area contributed by atoms with Gasteiger partial charge in [0.25, 0.3) is 0 Å². The number of nitrogens with one attached hydrogen (secondary N) is 4. The molecule has 0 fully saturated rings. The van der Waals surface area contributed by atoms with Crippen LogP contribution in [-0.4, -0.2) is 76.5 Å². The number of ether oxygens (including phenoxy) is 2. The summed E-state index contributed by atoms with van der Waals surface area (Å²) in [6.45, 7) is 4.94. The van der Waals surface area contributed by atoms with Gasteiger partial charge in [0.2, 0.25) is 23.8 Å². The fourth-order valence-electron chi connectivity index (χ4n) is 4.00. The van der Waals surface area contributed by atoms with Crippen molar-refractivity contribution in [1.82, 2.24) is 29.8 Å². The van der Waals surface area contributed by atoms with E-state index in [1.54, 1.807) is 12.5 Å². The third kappa shape index (κ3) is 12.0. The van der Waals surface area contributed by atoms with Crippen molar-refractivity contribution in [2.45, 2.75) is 25.9 Å². The first-order valence-corrected chi connectivity index (χ1v) is 14.4. The number of amides is 1. The summed E-state index contributed by atoms with van der Waals surface area (Å²) in [6.07, 6.45) is 6.65. The molecule has 0 aliphatic carbocycles. The number of aromatic nitrogens is 5. The Morgan fingerprint density at radius 2 is 1.56 bits per heavy atom. The maximum atomic E-state index is 12.3. The minimum absolute atomic E-state index is 0.0703. The van der Waals surface area contributed by atoms with Crippen molar-refractivity contribution in [2.24, 2.45) is 5.73 Å². The highest BCUT2D eigenvalue weighted by atomic mass is 16.5. The zero-order valence-corrected chi connectivity index (χ0v) is 24.2. The summed E-state index contributed by atoms with van der Waals surface area (Å²) in [6, 6.07) is 17.6. The predicted molar refractivity (Wildman–Crippen MR) is 166 cm³/mol. The molecule has 2 aromatic carbocycles. The first kappa shape index (κ1) is 31.3. The first-order valence-electron chi connectivity index (χ1n) is 14.4. The molecule has 13 nitrogen and oxygen atoms in total. The molecule has 0 saturated heterocycles. The molecule has 0 atom stereocenters. The van der Waals surface area contributed by atoms with Gasteiger partial charge in [-0.15, -0.1) is 0 Å². The summed E-state index contributed by atoms with van der Waals surface area (Å²) in [7, 11) is 0. The Morgan fingerprint density at radius 1 is 0.814 bits per heavy atom. The lowest BCUT2D eigenvalue weighted by Crippen LogP contribution is -2.29. The van der Waals surface area contributed by atoms with Crippen molar-refractivity contribution < 1.29 is 14.3 Å². The zero-order valence-electron chi connectivity index (χ0n) is 24.2. The molecule has 2 heterocycles. The molecule has 0 saturated carbocycles. The quantitative estimate of drug-likeness (QED) is 0.0963. The van der Waals surface area contributed by atoms with Crippen molar-refractivity contribution in [2.75, 3.05) is 62.0 Å². The number of nitrogens with zero attached hydrogens (tertiary/aromatic N) is 5. The summed E-state index contributed by atoms with van der Waals surface area (Å²) in [5, 5.41) is 12.7. The topological polar surface area (TPSA) is 166 Å². The van der Waals surface area contributed by atoms with Crippen LogP contribution < -0.4 is 27.0 Å². The number of nitrogens with two attached hydrogens (primary N) is 1. The van der Waals surface area contributed by atoms with Gasteiger partial charge in [0.1, 0.15) is 0 Å². The Bertz CT molecular complexity index is 1340. The van der Waals surface area contributed by atoms with E-state index in [1.165, 1.54) is 0 Å². The molecule has 0 aliphatic rings. The lowest BCUT2D eigenvalue weighted by molar-refractivity contribution is -0.120. The summed E-state index contributed by atoms with van der Waals surface area (Å²) >= 11 is 0. The van der Waals surface area contributed by atoms with Crippen LogP contribution >= 0.6 is 0 Å². The van der Waals surface area contributed by atoms with Crippen LogP contribution in [0.15, 0.2) is 73.3 Å². The predicted octanol–water partition coefficient (Wildman–Crippen LogP) is 2.58. The summed E-state index contributed by atoms with van der Waals surface area (Å²) in [5.74, 6) is 1.26. The smallest absolute Gasteiger partial charge is 0.233 e. The number of carbonyl (C=O) groups excluding carboxylic acids is 1. The van der Waals surface area contributed by atoms with Crippen LogP contribution in [0.3, 0.4) is 0 Å². The second-order valence-corrected chi connectivity index (χ2v) is 9.59. The number of aryl methyl sites for hydroxylation is 1. The van der Waals surface area contributed by atoms with Crippen molar-refractivity contribution >= 4 is 29.4 Å². The minimum atomic E-state index is -0.0703. The molecule has 0 spiro atoms. The molecule has 2 aromatic heterocycles. The van der Waals surface area contributed by atoms with Gasteiger partial charge >= 0.3 is 0 Å². The molecular weight excluding hydrogens is 548 g/mol. The highest BCUT2D eigenvalue weighted by Crippen LogP contribution is 2.17. The Hall–Kier alpha value is -4.59. The number of anilines is 4. The number of hydrogen-bond acceptors (Lipinski definition) is 11. The molecule has 0 radical (unpaired) electrons. The van der Waals surface area contributed by atoms with Crippen molar-refractivity contribution in [3.8, 4) is 0 Å². The van der Waals surface area contributed by atoms with E-state index in [4.69, 9.17) is 15.2 Å². The van der Waals surface area contributed by atoms with Crippen molar-refractivity contribution in [3.05, 3.63) is 84.4 Å². The van der Waals surface area contributed by atoms with E-state index < -0.39 is 0 Å². The van der Waals surface area contributed by atoms with Gasteiger partial charge in [0.15, 0.2) is 0 Å². The highest BCUT2D eigenvalue weighted by Gasteiger charge is 2.09. The summed E-state index contributed by atoms with van der Waals surface area (Å²) in [5.41, 5.74) is 8.17. The van der Waals surface area contributed by atoms with Gasteiger partial charge in [-0.2, -0.15) is 15.0 Å². The normalized spacial score (nSPS) is 10.8. The van der Waals surface area contributed by atoms with Gasteiger partial charge in [-0.1, -0.05) is 42.5 Å². The van der Waals surface area contributed by atoms with E-state index in [9.17, 15) is 4.79 Å². The molecular formula is C30H40N10O3. The Labute approximate surface area is 251 Å². The number of rotatable bonds is 20. The summed E-state index contributed by atoms with van der Waals surface area (Å²) < 4.78 is 12.7. The largest absolute Gasteiger partial charge is 0.378 e. The Morgan fingerprint density at radius 3 is 2.30 bits per heavy atom. The van der Waals surface area contributed by atoms with Crippen LogP contribution in [0.2, 0.25) is 0 Å². The maximum absolute atomic E-state index is 12.3. The van der Waals surface area contributed by atoms with Gasteiger partial charge in [-0.05, 0) is 29.7 Å². The van der Waals surface area contributed by atoms with Gasteiger partial charge < -0.3 is 41.0 Å². The first-order chi connectivity index (χ1) is 21.2. The Kier molecular flexibility index (Phi) is 13.2. The van der Waals surface area contributed by atoms with E-state index in [-0.39, 0.29) is 12.3 Å². The van der Waals surface area contributed by atoms with Crippen LogP contribution in [0.1, 0.15) is 17.5 Å². The lowest BCUT2D eigenvalue weighted by atomic mass is 10.1. The third-order valence-electron chi connectivity index (χ3n) is 6.14. The van der Waals surface area contributed by atoms with Crippen LogP contribution in [0.25, 0.3) is 0 Å². The van der Waals surface area contributed by atoms with Gasteiger partial charge in [0, 0.05) is 50.8 Å². The van der Waals surface area contributed by atoms with E-state index in [2.05, 4.69) is 41.2 Å². The molecule has 0 unspecified atom stereocenters. The maximum Gasteiger partial charge on any atom is 0.233 e. The Balaban J connectivity index is 1.28. The molecule has 0 bridgehead atoms. The average Bonchev–Trinajstić information content (AvgIpc) is 3.55. The molecule has 4 rings (SSSR count). The van der Waals surface area contributed by atoms with Gasteiger partial charge in [0.05, 0.1) is 39.2 Å². The highest BCUT2D eigenvalue weighted by molar-refractivity contribution is 5.78. The van der Waals surface area contributed by atoms with Crippen molar-refractivity contribution in [1.29, 1.82) is 0 Å². The molecule has 4 aromatic rings. The average molecular weight is 589 g/mol. The monoisotopic (exact) mass is 588 g/mol. The zero-order chi connectivity index (χ0) is 30.0. The lowest BCUT2D eigenvalue weighted by Gasteiger charge is -2.12. The minimum Gasteiger partial charge on any atom is -0.378 e. The molecule has 1 amide bonds. The molecule has 13 heteroatoms. The van der Waals surface area contributed by atoms with E-state index in [0.717, 1.165) is 29.8 Å². The van der Waals surface area contributed by atoms with Crippen LogP contribution in [0, 0.1) is 0 Å². The molecule has 0 aliphatic heterocycles. The van der Waals surface area contributed by atoms with E-state index in [0.29, 0.717) is 70.5 Å². The van der Waals surface area contributed by atoms with Gasteiger partial charge in [-0.25, -0.2) is 4.98 Å². The van der Waals surface area contributed by atoms with Crippen molar-refractivity contribution in [3.63, 3.8) is 0 Å². The second-order valence-electron chi connectivity index (χ2n) is 9.59. The van der Waals surface area contributed by atoms with Crippen LogP contribution in [0.4, 0.5) is 23.5 Å². The third-order valence-corrected chi connectivity index (χ3v) is 6.14. The SMILES string of the molecule is NCCOCCOCCNC(=O)Cc1ccc(Nc2nc(NCCCn3ccnc3)nc(NCc3ccccc3)n2)cc1. The van der Waals surface area contributed by atoms with Gasteiger partial charge in [-0.3, -0.25) is 4.79 Å². The van der Waals surface area contributed by atoms with Crippen LogP contribution in [0.5, 0.6) is 0 Å². The number of imidazole rings is 1. The fourth-order valence-corrected chi connectivity index (χ4v) is 4.00. The number of carbonyl (C=O) groups is 1. The second kappa shape index (κ2) is 18.1. The van der Waals surface area contributed by atoms with Crippen LogP contribution in [-0.2, 0) is 33.8 Å². The standard InChI is InChI=1S/C30H40N10O3/c31-11-17-42-19-20-43-18-14-33-27(41)21-24-7-9-26(10-8-24)36-30-38-28(34-12-4-15-40-16-13-32-23-40)37-29(39-30)35-22-25-5-2-1-3-6-25/h1-3,5-10,13,16,23H,4,11-12,14-15,17-22,31H2,(H,33,41)(H3,34,35,36,37,38,39).